The minimum atomic E-state index is 1.00. The van der Waals surface area contributed by atoms with Crippen LogP contribution in [-0.4, -0.2) is 0 Å². The van der Waals surface area contributed by atoms with Crippen LogP contribution in [0.3, 0.4) is 0 Å². The van der Waals surface area contributed by atoms with Crippen LogP contribution in [0, 0.1) is 278 Å². The van der Waals surface area contributed by atoms with Crippen molar-refractivity contribution < 1.29 is 0 Å². The molecule has 0 N–H and O–H groups in total. The van der Waals surface area contributed by atoms with Crippen LogP contribution in [0.4, 0.5) is 0 Å². The lowest BCUT2D eigenvalue weighted by Crippen LogP contribution is -3.00. The summed E-state index contributed by atoms with van der Waals surface area (Å²) in [6.07, 6.45) is 42.6. The van der Waals surface area contributed by atoms with Gasteiger partial charge in [-0.05, 0) is 445 Å². The van der Waals surface area contributed by atoms with E-state index in [0.29, 0.717) is 0 Å². The maximum absolute atomic E-state index is 1.70. The van der Waals surface area contributed by atoms with E-state index in [9.17, 15) is 0 Å². The lowest BCUT2D eigenvalue weighted by molar-refractivity contribution is -0.565. The van der Waals surface area contributed by atoms with Gasteiger partial charge in [-0.3, -0.25) is 0 Å². The lowest BCUT2D eigenvalue weighted by Gasteiger charge is -3.03. The smallest absolute Gasteiger partial charge is 0.0184 e. The molecule has 0 aliphatic heterocycles. The summed E-state index contributed by atoms with van der Waals surface area (Å²) < 4.78 is 0. The summed E-state index contributed by atoms with van der Waals surface area (Å²) in [7, 11) is 0. The van der Waals surface area contributed by atoms with Crippen LogP contribution in [0.25, 0.3) is 0 Å². The van der Waals surface area contributed by atoms with Crippen molar-refractivity contribution >= 4 is 0 Å². The second kappa shape index (κ2) is 12.6. The number of rotatable bonds is 0. The van der Waals surface area contributed by atoms with Gasteiger partial charge in [0, 0.05) is 0 Å². The van der Waals surface area contributed by atoms with Crippen LogP contribution in [-0.2, 0) is 0 Å². The Kier molecular flexibility index (Phi) is 6.92. The van der Waals surface area contributed by atoms with Gasteiger partial charge in [0.1, 0.15) is 0 Å². The Balaban J connectivity index is 0.0000000599. The molecule has 0 heterocycles. The zero-order chi connectivity index (χ0) is 45.4. The van der Waals surface area contributed by atoms with E-state index in [2.05, 4.69) is 0 Å². The molecule has 0 aromatic carbocycles. The van der Waals surface area contributed by atoms with Gasteiger partial charge in [0.05, 0.1) is 0 Å². The standard InChI is InChI=1S/C14H16.2C14H20.C12H18.C11H16.C8H8/c1-3-7-8(3)12-5(1)11(7)13-6-2-4-9(13)10(4)14(6)12;1-7-2-11-12-4-8-3-10(14(12)6-8)9(1)13(11)5-7;1-2-8-5-7(1)11-12(8)14-10-4-3-9(6-10)13(11)14;1-7-2-11-3-8(1)10-4-9(7)5-12(11)6-10;1-2-8-6-10-4-3-9-5-7(1)11(8,9)10;1-2-5-3(1)7-4(1)6(2)8(5)7/h3-14H,1-2H2;2*7-14H,1-6H2;7-12H,1-6H2;7-10H,1-6H2;1-8H. The van der Waals surface area contributed by atoms with E-state index in [1.807, 2.05) is 0 Å². The molecule has 390 valence electrons. The molecule has 34 rings (SSSR count). The van der Waals surface area contributed by atoms with Gasteiger partial charge in [-0.15, -0.1) is 0 Å². The van der Waals surface area contributed by atoms with Crippen LogP contribution in [0.1, 0.15) is 167 Å². The molecule has 8 unspecified atom stereocenters. The Morgan fingerprint density at radius 3 is 0.575 bits per heavy atom. The van der Waals surface area contributed by atoms with Gasteiger partial charge in [0.25, 0.3) is 0 Å². The fourth-order valence-electron chi connectivity index (χ4n) is 38.5. The average Bonchev–Trinajstić information content (AvgIpc) is 4.37. The number of hydrogen-bond donors (Lipinski definition) is 0. The average molecular weight is 976 g/mol. The quantitative estimate of drug-likeness (QED) is 0.227. The molecule has 34 fully saturated rings. The number of fused-ring (bicyclic) bond motifs is 16. The molecule has 34 aliphatic carbocycles. The molecule has 0 radical (unpaired) electrons. The van der Waals surface area contributed by atoms with Crippen LogP contribution < -0.4 is 0 Å². The van der Waals surface area contributed by atoms with E-state index < -0.39 is 0 Å². The molecule has 0 amide bonds. The van der Waals surface area contributed by atoms with E-state index in [4.69, 9.17) is 0 Å². The molecule has 73 heavy (non-hydrogen) atoms. The summed E-state index contributed by atoms with van der Waals surface area (Å²) in [5.74, 6) is 58.0. The van der Waals surface area contributed by atoms with Gasteiger partial charge < -0.3 is 0 Å². The van der Waals surface area contributed by atoms with Crippen LogP contribution in [0.2, 0.25) is 0 Å². The Hall–Kier alpha value is 0. The van der Waals surface area contributed by atoms with Gasteiger partial charge in [-0.25, -0.2) is 0 Å². The van der Waals surface area contributed by atoms with Crippen molar-refractivity contribution in [2.24, 2.45) is 278 Å². The molecular formula is C73H98. The maximum atomic E-state index is 1.70. The van der Waals surface area contributed by atoms with Crippen molar-refractivity contribution in [2.45, 2.75) is 167 Å². The summed E-state index contributed by atoms with van der Waals surface area (Å²) in [4.78, 5) is 0. The third-order valence-corrected chi connectivity index (χ3v) is 38.9. The molecule has 34 aliphatic rings. The van der Waals surface area contributed by atoms with E-state index in [1.165, 1.54) is 272 Å². The highest BCUT2D eigenvalue weighted by molar-refractivity contribution is 5.44. The zero-order valence-electron chi connectivity index (χ0n) is 45.4. The Bertz CT molecular complexity index is 2090. The second-order valence-electron chi connectivity index (χ2n) is 37.9. The fourth-order valence-corrected chi connectivity index (χ4v) is 38.5. The largest absolute Gasteiger partial charge is 0.0499 e. The predicted octanol–water partition coefficient (Wildman–Crippen LogP) is 15.8. The molecule has 0 heteroatoms. The van der Waals surface area contributed by atoms with E-state index in [0.717, 1.165) is 5.41 Å². The topological polar surface area (TPSA) is 0 Å². The summed E-state index contributed by atoms with van der Waals surface area (Å²) >= 11 is 0. The maximum Gasteiger partial charge on any atom is -0.0184 e. The molecule has 34 saturated carbocycles. The molecule has 1 spiro atoms. The lowest BCUT2D eigenvalue weighted by atomic mass is 9.01. The summed E-state index contributed by atoms with van der Waals surface area (Å²) in [6, 6.07) is 0. The van der Waals surface area contributed by atoms with Gasteiger partial charge >= 0.3 is 0 Å². The predicted molar refractivity (Wildman–Crippen MR) is 283 cm³/mol. The van der Waals surface area contributed by atoms with Gasteiger partial charge in [0.2, 0.25) is 0 Å². The molecular weight excluding hydrogens is 877 g/mol. The molecule has 0 nitrogen and oxygen atoms in total. The molecule has 0 aromatic heterocycles. The zero-order valence-corrected chi connectivity index (χ0v) is 45.4. The fraction of sp³-hybridized carbons (Fsp3) is 1.00. The van der Waals surface area contributed by atoms with E-state index in [1.54, 1.807) is 167 Å². The monoisotopic (exact) mass is 975 g/mol. The third kappa shape index (κ3) is 4.14. The Morgan fingerprint density at radius 1 is 0.151 bits per heavy atom. The van der Waals surface area contributed by atoms with Crippen LogP contribution in [0.15, 0.2) is 0 Å². The van der Waals surface area contributed by atoms with Crippen molar-refractivity contribution in [3.63, 3.8) is 0 Å². The molecule has 26 bridgehead atoms. The van der Waals surface area contributed by atoms with Crippen LogP contribution >= 0.6 is 0 Å². The van der Waals surface area contributed by atoms with Gasteiger partial charge in [-0.2, -0.15) is 0 Å². The Morgan fingerprint density at radius 2 is 0.370 bits per heavy atom. The van der Waals surface area contributed by atoms with Crippen molar-refractivity contribution in [3.05, 3.63) is 0 Å². The summed E-state index contributed by atoms with van der Waals surface area (Å²) in [5, 5.41) is 0. The van der Waals surface area contributed by atoms with Gasteiger partial charge in [-0.1, -0.05) is 0 Å². The summed E-state index contributed by atoms with van der Waals surface area (Å²) in [6.45, 7) is 0. The first-order valence-corrected chi connectivity index (χ1v) is 36.1. The first-order chi connectivity index (χ1) is 36.1. The Labute approximate surface area is 442 Å². The summed E-state index contributed by atoms with van der Waals surface area (Å²) in [5.41, 5.74) is 1.00. The first-order valence-electron chi connectivity index (χ1n) is 36.1. The van der Waals surface area contributed by atoms with Crippen LogP contribution in [0.5, 0.6) is 0 Å². The number of hydrogen-bond acceptors (Lipinski definition) is 0. The minimum absolute atomic E-state index is 1.00. The van der Waals surface area contributed by atoms with Crippen molar-refractivity contribution in [2.75, 3.05) is 0 Å². The SMILES string of the molecule is C12C3C4C1C1C2C3C41.C1C2C3C2C2C1C3C1C3CC4C1C4C32.C1C2CC3C1C(C2)C1CC2CC1C3C2.C1C2CC3CC1C1CC2CC3C1.C1CC2CC1C1C2C2C3CCC(C3)C12.C1CC2CC3CCC4CC1C423. The highest BCUT2D eigenvalue weighted by atomic mass is 15.0. The van der Waals surface area contributed by atoms with E-state index in [-0.39, 0.29) is 0 Å². The normalized spacial score (nSPS) is 79.2. The highest BCUT2D eigenvalue weighted by Crippen LogP contribution is 3.01. The molecule has 0 aromatic rings. The molecule has 0 saturated heterocycles. The van der Waals surface area contributed by atoms with Crippen molar-refractivity contribution in [1.82, 2.24) is 0 Å². The minimum Gasteiger partial charge on any atom is -0.0499 e. The first kappa shape index (κ1) is 40.2. The van der Waals surface area contributed by atoms with Crippen molar-refractivity contribution in [3.8, 4) is 0 Å². The van der Waals surface area contributed by atoms with Crippen molar-refractivity contribution in [1.29, 1.82) is 0 Å². The molecule has 8 atom stereocenters. The third-order valence-electron chi connectivity index (χ3n) is 38.9. The highest BCUT2D eigenvalue weighted by Gasteiger charge is 2.98. The van der Waals surface area contributed by atoms with Gasteiger partial charge in [0.15, 0.2) is 0 Å². The van der Waals surface area contributed by atoms with E-state index >= 15 is 0 Å². The second-order valence-corrected chi connectivity index (χ2v) is 37.9.